The Morgan fingerprint density at radius 3 is 2.94 bits per heavy atom. The number of aliphatic carboxylic acids is 1. The summed E-state index contributed by atoms with van der Waals surface area (Å²) in [5.41, 5.74) is 2.81. The maximum Gasteiger partial charge on any atom is 0.328 e. The lowest BCUT2D eigenvalue weighted by atomic mass is 10.1. The average molecular weight is 229 g/mol. The summed E-state index contributed by atoms with van der Waals surface area (Å²) in [4.78, 5) is 10.7. The van der Waals surface area contributed by atoms with Crippen molar-refractivity contribution in [1.82, 2.24) is 4.57 Å². The van der Waals surface area contributed by atoms with Crippen LogP contribution in [0.4, 0.5) is 0 Å². The number of benzene rings is 1. The fraction of sp³-hybridized carbons (Fsp3) is 0.154. The van der Waals surface area contributed by atoms with E-state index in [0.717, 1.165) is 35.1 Å². The zero-order valence-corrected chi connectivity index (χ0v) is 9.05. The number of phenols is 1. The normalized spacial score (nSPS) is 16.6. The molecule has 0 saturated carbocycles. The van der Waals surface area contributed by atoms with E-state index >= 15 is 0 Å². The van der Waals surface area contributed by atoms with Crippen molar-refractivity contribution < 1.29 is 15.0 Å². The molecule has 0 unspecified atom stereocenters. The van der Waals surface area contributed by atoms with Crippen LogP contribution in [0.2, 0.25) is 0 Å². The zero-order valence-electron chi connectivity index (χ0n) is 9.05. The quantitative estimate of drug-likeness (QED) is 0.737. The van der Waals surface area contributed by atoms with Gasteiger partial charge in [-0.3, -0.25) is 0 Å². The molecule has 17 heavy (non-hydrogen) atoms. The van der Waals surface area contributed by atoms with E-state index in [1.807, 2.05) is 12.1 Å². The Morgan fingerprint density at radius 2 is 2.18 bits per heavy atom. The number of aryl methyl sites for hydroxylation is 1. The van der Waals surface area contributed by atoms with Gasteiger partial charge in [0.2, 0.25) is 0 Å². The molecule has 0 amide bonds. The highest BCUT2D eigenvalue weighted by atomic mass is 16.4. The first kappa shape index (κ1) is 9.96. The van der Waals surface area contributed by atoms with Gasteiger partial charge >= 0.3 is 5.97 Å². The average Bonchev–Trinajstić information content (AvgIpc) is 2.77. The van der Waals surface area contributed by atoms with E-state index in [1.165, 1.54) is 6.08 Å². The van der Waals surface area contributed by atoms with Gasteiger partial charge in [0.25, 0.3) is 0 Å². The van der Waals surface area contributed by atoms with Crippen LogP contribution in [-0.2, 0) is 11.3 Å². The minimum Gasteiger partial charge on any atom is -0.508 e. The molecular weight excluding hydrogens is 218 g/mol. The van der Waals surface area contributed by atoms with E-state index in [1.54, 1.807) is 12.1 Å². The van der Waals surface area contributed by atoms with Gasteiger partial charge < -0.3 is 14.8 Å². The van der Waals surface area contributed by atoms with Crippen molar-refractivity contribution in [2.45, 2.75) is 13.0 Å². The van der Waals surface area contributed by atoms with E-state index in [0.29, 0.717) is 0 Å². The van der Waals surface area contributed by atoms with Crippen molar-refractivity contribution in [3.63, 3.8) is 0 Å². The van der Waals surface area contributed by atoms with Gasteiger partial charge in [0.15, 0.2) is 0 Å². The Hall–Kier alpha value is -2.23. The van der Waals surface area contributed by atoms with Crippen molar-refractivity contribution >= 4 is 22.4 Å². The minimum absolute atomic E-state index is 0.227. The number of carbonyl (C=O) groups is 1. The molecule has 1 aromatic heterocycles. The van der Waals surface area contributed by atoms with Gasteiger partial charge in [0.1, 0.15) is 5.75 Å². The summed E-state index contributed by atoms with van der Waals surface area (Å²) in [6.45, 7) is 0.794. The first-order valence-electron chi connectivity index (χ1n) is 5.41. The molecule has 0 atom stereocenters. The Kier molecular flexibility index (Phi) is 1.98. The van der Waals surface area contributed by atoms with E-state index < -0.39 is 5.97 Å². The smallest absolute Gasteiger partial charge is 0.328 e. The number of allylic oxidation sites excluding steroid dienone is 1. The summed E-state index contributed by atoms with van der Waals surface area (Å²) in [7, 11) is 0. The predicted octanol–water partition coefficient (Wildman–Crippen LogP) is 2.22. The number of nitrogens with zero attached hydrogens (tertiary/aromatic N) is 1. The molecular formula is C13H11NO3. The third kappa shape index (κ3) is 1.49. The number of rotatable bonds is 1. The number of hydrogen-bond acceptors (Lipinski definition) is 2. The van der Waals surface area contributed by atoms with Crippen LogP contribution in [-0.4, -0.2) is 20.7 Å². The maximum atomic E-state index is 10.7. The predicted molar refractivity (Wildman–Crippen MR) is 63.8 cm³/mol. The monoisotopic (exact) mass is 229 g/mol. The number of carboxylic acids is 1. The molecule has 0 bridgehead atoms. The molecule has 2 heterocycles. The third-order valence-electron chi connectivity index (χ3n) is 3.12. The molecule has 0 aliphatic carbocycles. The van der Waals surface area contributed by atoms with Crippen LogP contribution in [0.3, 0.4) is 0 Å². The van der Waals surface area contributed by atoms with E-state index in [4.69, 9.17) is 5.11 Å². The highest BCUT2D eigenvalue weighted by Crippen LogP contribution is 2.34. The van der Waals surface area contributed by atoms with Gasteiger partial charge in [-0.25, -0.2) is 4.79 Å². The van der Waals surface area contributed by atoms with Crippen LogP contribution < -0.4 is 0 Å². The number of hydrogen-bond donors (Lipinski definition) is 2. The number of phenolic OH excluding ortho intramolecular Hbond substituents is 1. The van der Waals surface area contributed by atoms with Crippen molar-refractivity contribution in [3.05, 3.63) is 36.0 Å². The Labute approximate surface area is 97.4 Å². The maximum absolute atomic E-state index is 10.7. The van der Waals surface area contributed by atoms with Gasteiger partial charge in [-0.1, -0.05) is 0 Å². The summed E-state index contributed by atoms with van der Waals surface area (Å²) in [6.07, 6.45) is 2.01. The molecule has 2 N–H and O–H groups in total. The van der Waals surface area contributed by atoms with E-state index in [9.17, 15) is 9.90 Å². The van der Waals surface area contributed by atoms with Gasteiger partial charge in [-0.05, 0) is 36.3 Å². The molecule has 4 heteroatoms. The number of fused-ring (bicyclic) bond motifs is 3. The first-order valence-corrected chi connectivity index (χ1v) is 5.41. The summed E-state index contributed by atoms with van der Waals surface area (Å²) >= 11 is 0. The Balaban J connectivity index is 2.22. The highest BCUT2D eigenvalue weighted by Gasteiger charge is 2.19. The summed E-state index contributed by atoms with van der Waals surface area (Å²) < 4.78 is 2.09. The van der Waals surface area contributed by atoms with Crippen LogP contribution in [0.15, 0.2) is 30.3 Å². The molecule has 0 saturated heterocycles. The summed E-state index contributed by atoms with van der Waals surface area (Å²) in [5.74, 6) is -0.688. The van der Waals surface area contributed by atoms with Crippen molar-refractivity contribution in [2.24, 2.45) is 0 Å². The first-order chi connectivity index (χ1) is 8.15. The second kappa shape index (κ2) is 3.38. The minimum atomic E-state index is -0.915. The molecule has 1 aromatic carbocycles. The topological polar surface area (TPSA) is 62.5 Å². The molecule has 0 spiro atoms. The second-order valence-corrected chi connectivity index (χ2v) is 4.18. The fourth-order valence-electron chi connectivity index (χ4n) is 2.42. The largest absolute Gasteiger partial charge is 0.508 e. The highest BCUT2D eigenvalue weighted by molar-refractivity contribution is 5.94. The molecule has 0 radical (unpaired) electrons. The summed E-state index contributed by atoms with van der Waals surface area (Å²) in [6, 6.07) is 7.13. The van der Waals surface area contributed by atoms with Crippen molar-refractivity contribution in [1.29, 1.82) is 0 Å². The zero-order chi connectivity index (χ0) is 12.0. The molecule has 86 valence electrons. The second-order valence-electron chi connectivity index (χ2n) is 4.18. The third-order valence-corrected chi connectivity index (χ3v) is 3.12. The van der Waals surface area contributed by atoms with E-state index in [2.05, 4.69) is 4.57 Å². The fourth-order valence-corrected chi connectivity index (χ4v) is 2.42. The lowest BCUT2D eigenvalue weighted by molar-refractivity contribution is -0.131. The molecule has 0 fully saturated rings. The molecule has 4 nitrogen and oxygen atoms in total. The van der Waals surface area contributed by atoms with Crippen LogP contribution in [0.1, 0.15) is 12.1 Å². The summed E-state index contributed by atoms with van der Waals surface area (Å²) in [5, 5.41) is 19.1. The Bertz CT molecular complexity index is 652. The van der Waals surface area contributed by atoms with Crippen molar-refractivity contribution in [3.8, 4) is 5.75 Å². The van der Waals surface area contributed by atoms with Gasteiger partial charge in [0, 0.05) is 29.2 Å². The number of carboxylic acid groups (broad SMARTS) is 1. The van der Waals surface area contributed by atoms with Gasteiger partial charge in [0.05, 0.1) is 0 Å². The number of aromatic hydroxyl groups is 1. The van der Waals surface area contributed by atoms with Crippen LogP contribution in [0.25, 0.3) is 16.5 Å². The van der Waals surface area contributed by atoms with Crippen LogP contribution in [0.5, 0.6) is 5.75 Å². The van der Waals surface area contributed by atoms with Crippen LogP contribution in [0, 0.1) is 0 Å². The number of aromatic nitrogens is 1. The molecule has 1 aliphatic heterocycles. The lowest BCUT2D eigenvalue weighted by Crippen LogP contribution is -1.90. The van der Waals surface area contributed by atoms with Gasteiger partial charge in [-0.2, -0.15) is 0 Å². The van der Waals surface area contributed by atoms with E-state index in [-0.39, 0.29) is 5.75 Å². The SMILES string of the molecule is O=C(O)/C=C1\CCn2c1cc1cc(O)ccc12. The lowest BCUT2D eigenvalue weighted by Gasteiger charge is -1.99. The van der Waals surface area contributed by atoms with Crippen LogP contribution >= 0.6 is 0 Å². The molecule has 2 aromatic rings. The van der Waals surface area contributed by atoms with Crippen molar-refractivity contribution in [2.75, 3.05) is 0 Å². The molecule has 3 rings (SSSR count). The standard InChI is InChI=1S/C13H11NO3/c15-10-1-2-11-9(5-10)6-12-8(7-13(16)17)3-4-14(11)12/h1-2,5-7,15H,3-4H2,(H,16,17)/b8-7+. The molecule has 1 aliphatic rings. The Morgan fingerprint density at radius 1 is 1.35 bits per heavy atom. The van der Waals surface area contributed by atoms with Gasteiger partial charge in [-0.15, -0.1) is 0 Å².